The highest BCUT2D eigenvalue weighted by Crippen LogP contribution is 2.40. The molecule has 1 atom stereocenters. The minimum atomic E-state index is -0.333. The van der Waals surface area contributed by atoms with Gasteiger partial charge in [-0.25, -0.2) is 0 Å². The molecule has 1 aliphatic rings. The first-order valence-electron chi connectivity index (χ1n) is 6.17. The van der Waals surface area contributed by atoms with Crippen molar-refractivity contribution in [3.8, 4) is 0 Å². The summed E-state index contributed by atoms with van der Waals surface area (Å²) >= 11 is 0. The Morgan fingerprint density at radius 3 is 2.38 bits per heavy atom. The van der Waals surface area contributed by atoms with Crippen LogP contribution in [0.5, 0.6) is 0 Å². The van der Waals surface area contributed by atoms with Gasteiger partial charge in [-0.15, -0.1) is 12.4 Å². The van der Waals surface area contributed by atoms with Gasteiger partial charge >= 0.3 is 0 Å². The SMILES string of the molecule is CC[C@H](N)C(=O)NCC1(CC)CCCC1.Cl. The highest BCUT2D eigenvalue weighted by molar-refractivity contribution is 5.85. The van der Waals surface area contributed by atoms with E-state index in [1.54, 1.807) is 0 Å². The van der Waals surface area contributed by atoms with E-state index in [1.165, 1.54) is 25.7 Å². The van der Waals surface area contributed by atoms with Gasteiger partial charge in [-0.3, -0.25) is 4.79 Å². The van der Waals surface area contributed by atoms with Crippen molar-refractivity contribution >= 4 is 18.3 Å². The molecule has 0 saturated heterocycles. The van der Waals surface area contributed by atoms with Crippen molar-refractivity contribution in [2.45, 2.75) is 58.4 Å². The Hall–Kier alpha value is -0.280. The third kappa shape index (κ3) is 3.95. The summed E-state index contributed by atoms with van der Waals surface area (Å²) in [6.07, 6.45) is 7.00. The molecule has 1 fully saturated rings. The summed E-state index contributed by atoms with van der Waals surface area (Å²) in [5.41, 5.74) is 6.04. The third-order valence-corrected chi connectivity index (χ3v) is 3.83. The standard InChI is InChI=1S/C12H24N2O.ClH/c1-3-10(13)11(15)14-9-12(4-2)7-5-6-8-12;/h10H,3-9,13H2,1-2H3,(H,14,15);1H/t10-;/m0./s1. The number of rotatable bonds is 5. The van der Waals surface area contributed by atoms with E-state index >= 15 is 0 Å². The number of hydrogen-bond donors (Lipinski definition) is 2. The molecular weight excluding hydrogens is 224 g/mol. The van der Waals surface area contributed by atoms with Crippen LogP contribution in [0.25, 0.3) is 0 Å². The second kappa shape index (κ2) is 7.13. The lowest BCUT2D eigenvalue weighted by Crippen LogP contribution is -2.44. The van der Waals surface area contributed by atoms with Crippen LogP contribution in [0.4, 0.5) is 0 Å². The van der Waals surface area contributed by atoms with Gasteiger partial charge in [-0.2, -0.15) is 0 Å². The van der Waals surface area contributed by atoms with Crippen molar-refractivity contribution in [3.63, 3.8) is 0 Å². The van der Waals surface area contributed by atoms with Crippen molar-refractivity contribution in [1.82, 2.24) is 5.32 Å². The van der Waals surface area contributed by atoms with E-state index in [2.05, 4.69) is 12.2 Å². The second-order valence-corrected chi connectivity index (χ2v) is 4.79. The Bertz CT molecular complexity index is 215. The fraction of sp³-hybridized carbons (Fsp3) is 0.917. The molecule has 3 N–H and O–H groups in total. The average Bonchev–Trinajstić information content (AvgIpc) is 2.74. The van der Waals surface area contributed by atoms with E-state index in [9.17, 15) is 4.79 Å². The molecule has 0 heterocycles. The molecule has 0 aromatic heterocycles. The minimum absolute atomic E-state index is 0. The molecule has 1 rings (SSSR count). The number of carbonyl (C=O) groups excluding carboxylic acids is 1. The summed E-state index contributed by atoms with van der Waals surface area (Å²) in [7, 11) is 0. The maximum absolute atomic E-state index is 11.6. The predicted octanol–water partition coefficient (Wildman–Crippen LogP) is 2.23. The van der Waals surface area contributed by atoms with E-state index in [0.717, 1.165) is 13.0 Å². The van der Waals surface area contributed by atoms with Crippen LogP contribution in [0.1, 0.15) is 52.4 Å². The zero-order chi connectivity index (χ0) is 11.3. The maximum atomic E-state index is 11.6. The molecule has 0 spiro atoms. The van der Waals surface area contributed by atoms with Crippen molar-refractivity contribution in [3.05, 3.63) is 0 Å². The fourth-order valence-corrected chi connectivity index (χ4v) is 2.37. The molecule has 0 bridgehead atoms. The number of carbonyl (C=O) groups is 1. The van der Waals surface area contributed by atoms with E-state index in [1.807, 2.05) is 6.92 Å². The Morgan fingerprint density at radius 1 is 1.38 bits per heavy atom. The van der Waals surface area contributed by atoms with E-state index in [-0.39, 0.29) is 24.4 Å². The van der Waals surface area contributed by atoms with Crippen molar-refractivity contribution < 1.29 is 4.79 Å². The zero-order valence-electron chi connectivity index (χ0n) is 10.4. The van der Waals surface area contributed by atoms with Crippen molar-refractivity contribution in [2.24, 2.45) is 11.1 Å². The summed E-state index contributed by atoms with van der Waals surface area (Å²) in [5, 5.41) is 3.00. The monoisotopic (exact) mass is 248 g/mol. The number of nitrogens with one attached hydrogen (secondary N) is 1. The van der Waals surface area contributed by atoms with Crippen LogP contribution in [0.2, 0.25) is 0 Å². The number of hydrogen-bond acceptors (Lipinski definition) is 2. The van der Waals surface area contributed by atoms with Gasteiger partial charge in [0.1, 0.15) is 0 Å². The normalized spacial score (nSPS) is 19.9. The Morgan fingerprint density at radius 2 is 1.94 bits per heavy atom. The Balaban J connectivity index is 0.00000225. The topological polar surface area (TPSA) is 55.1 Å². The minimum Gasteiger partial charge on any atom is -0.354 e. The summed E-state index contributed by atoms with van der Waals surface area (Å²) < 4.78 is 0. The Kier molecular flexibility index (Phi) is 7.00. The maximum Gasteiger partial charge on any atom is 0.236 e. The van der Waals surface area contributed by atoms with Gasteiger partial charge in [0.05, 0.1) is 6.04 Å². The highest BCUT2D eigenvalue weighted by Gasteiger charge is 2.32. The number of amides is 1. The lowest BCUT2D eigenvalue weighted by atomic mass is 9.83. The largest absolute Gasteiger partial charge is 0.354 e. The first-order chi connectivity index (χ1) is 7.13. The molecule has 4 heteroatoms. The third-order valence-electron chi connectivity index (χ3n) is 3.83. The predicted molar refractivity (Wildman–Crippen MR) is 69.7 cm³/mol. The van der Waals surface area contributed by atoms with Gasteiger partial charge in [0, 0.05) is 6.54 Å². The lowest BCUT2D eigenvalue weighted by molar-refractivity contribution is -0.122. The first kappa shape index (κ1) is 15.7. The first-order valence-corrected chi connectivity index (χ1v) is 6.17. The fourth-order valence-electron chi connectivity index (χ4n) is 2.37. The molecule has 1 saturated carbocycles. The molecule has 0 aliphatic heterocycles. The van der Waals surface area contributed by atoms with Gasteiger partial charge in [0.25, 0.3) is 0 Å². The second-order valence-electron chi connectivity index (χ2n) is 4.79. The van der Waals surface area contributed by atoms with Crippen molar-refractivity contribution in [2.75, 3.05) is 6.54 Å². The number of halogens is 1. The Labute approximate surface area is 105 Å². The smallest absolute Gasteiger partial charge is 0.236 e. The van der Waals surface area contributed by atoms with Crippen LogP contribution in [0.15, 0.2) is 0 Å². The van der Waals surface area contributed by atoms with Crippen LogP contribution < -0.4 is 11.1 Å². The van der Waals surface area contributed by atoms with Gasteiger partial charge in [0.2, 0.25) is 5.91 Å². The molecule has 0 aromatic rings. The van der Waals surface area contributed by atoms with Crippen LogP contribution in [-0.4, -0.2) is 18.5 Å². The summed E-state index contributed by atoms with van der Waals surface area (Å²) in [6.45, 7) is 4.97. The molecule has 0 radical (unpaired) electrons. The molecule has 16 heavy (non-hydrogen) atoms. The van der Waals surface area contributed by atoms with E-state index in [4.69, 9.17) is 5.73 Å². The van der Waals surface area contributed by atoms with Gasteiger partial charge in [0.15, 0.2) is 0 Å². The molecule has 1 aliphatic carbocycles. The molecular formula is C12H25ClN2O. The van der Waals surface area contributed by atoms with Crippen LogP contribution in [-0.2, 0) is 4.79 Å². The molecule has 0 unspecified atom stereocenters. The summed E-state index contributed by atoms with van der Waals surface area (Å²) in [5.74, 6) is 0.0113. The van der Waals surface area contributed by atoms with Crippen LogP contribution in [0, 0.1) is 5.41 Å². The van der Waals surface area contributed by atoms with Gasteiger partial charge < -0.3 is 11.1 Å². The van der Waals surface area contributed by atoms with Gasteiger partial charge in [-0.1, -0.05) is 26.7 Å². The highest BCUT2D eigenvalue weighted by atomic mass is 35.5. The van der Waals surface area contributed by atoms with E-state index in [0.29, 0.717) is 11.8 Å². The average molecular weight is 249 g/mol. The van der Waals surface area contributed by atoms with Crippen molar-refractivity contribution in [1.29, 1.82) is 0 Å². The van der Waals surface area contributed by atoms with Gasteiger partial charge in [-0.05, 0) is 31.1 Å². The summed E-state index contributed by atoms with van der Waals surface area (Å²) in [6, 6.07) is -0.333. The number of nitrogens with two attached hydrogens (primary N) is 1. The quantitative estimate of drug-likeness (QED) is 0.784. The van der Waals surface area contributed by atoms with Crippen LogP contribution >= 0.6 is 12.4 Å². The molecule has 1 amide bonds. The lowest BCUT2D eigenvalue weighted by Gasteiger charge is -2.28. The molecule has 0 aromatic carbocycles. The zero-order valence-corrected chi connectivity index (χ0v) is 11.2. The summed E-state index contributed by atoms with van der Waals surface area (Å²) in [4.78, 5) is 11.6. The van der Waals surface area contributed by atoms with Crippen LogP contribution in [0.3, 0.4) is 0 Å². The molecule has 3 nitrogen and oxygen atoms in total. The molecule has 96 valence electrons. The van der Waals surface area contributed by atoms with E-state index < -0.39 is 0 Å².